The van der Waals surface area contributed by atoms with E-state index in [1.807, 2.05) is 12.1 Å². The molecule has 1 N–H and O–H groups in total. The van der Waals surface area contributed by atoms with Gasteiger partial charge in [0.1, 0.15) is 22.5 Å². The summed E-state index contributed by atoms with van der Waals surface area (Å²) in [7, 11) is 0. The highest BCUT2D eigenvalue weighted by molar-refractivity contribution is 6.29. The molecule has 0 amide bonds. The van der Waals surface area contributed by atoms with Crippen molar-refractivity contribution in [2.75, 3.05) is 5.32 Å². The Hall–Kier alpha value is -2.40. The van der Waals surface area contributed by atoms with Gasteiger partial charge in [0.2, 0.25) is 0 Å². The topological polar surface area (TPSA) is 51.0 Å². The van der Waals surface area contributed by atoms with Crippen LogP contribution < -0.4 is 5.32 Å². The number of hydrogen-bond acceptors (Lipinski definition) is 4. The Morgan fingerprint density at radius 3 is 2.81 bits per heavy atom. The van der Waals surface area contributed by atoms with E-state index in [0.717, 1.165) is 5.76 Å². The number of aromatic nitrogens is 2. The molecule has 0 aliphatic rings. The Kier molecular flexibility index (Phi) is 3.83. The molecule has 2 heterocycles. The predicted molar refractivity (Wildman–Crippen MR) is 78.5 cm³/mol. The highest BCUT2D eigenvalue weighted by Crippen LogP contribution is 2.21. The number of furan rings is 1. The second-order valence-corrected chi connectivity index (χ2v) is 4.73. The summed E-state index contributed by atoms with van der Waals surface area (Å²) in [5.74, 6) is 1.34. The van der Waals surface area contributed by atoms with E-state index in [0.29, 0.717) is 23.8 Å². The van der Waals surface area contributed by atoms with Gasteiger partial charge in [-0.1, -0.05) is 23.7 Å². The summed E-state index contributed by atoms with van der Waals surface area (Å²) >= 11 is 5.99. The number of nitrogens with zero attached hydrogens (tertiary/aromatic N) is 2. The van der Waals surface area contributed by atoms with E-state index in [9.17, 15) is 4.39 Å². The molecular formula is C15H11ClFN3O. The van der Waals surface area contributed by atoms with Crippen LogP contribution in [0.25, 0.3) is 11.4 Å². The molecule has 6 heteroatoms. The lowest BCUT2D eigenvalue weighted by Crippen LogP contribution is -2.02. The third kappa shape index (κ3) is 3.38. The number of halogens is 2. The number of anilines is 1. The zero-order chi connectivity index (χ0) is 14.7. The molecule has 0 saturated heterocycles. The van der Waals surface area contributed by atoms with Crippen LogP contribution in [0.1, 0.15) is 5.76 Å². The second-order valence-electron chi connectivity index (χ2n) is 4.34. The summed E-state index contributed by atoms with van der Waals surface area (Å²) in [6, 6.07) is 11.3. The fourth-order valence-corrected chi connectivity index (χ4v) is 2.04. The molecule has 1 aromatic carbocycles. The second kappa shape index (κ2) is 5.93. The van der Waals surface area contributed by atoms with E-state index in [-0.39, 0.29) is 11.0 Å². The Morgan fingerprint density at radius 2 is 2.05 bits per heavy atom. The molecule has 2 aromatic heterocycles. The molecule has 0 saturated carbocycles. The summed E-state index contributed by atoms with van der Waals surface area (Å²) in [6.45, 7) is 0.475. The van der Waals surface area contributed by atoms with Crippen LogP contribution in [0.15, 0.2) is 53.1 Å². The van der Waals surface area contributed by atoms with Gasteiger partial charge in [-0.25, -0.2) is 14.4 Å². The average molecular weight is 304 g/mol. The Bertz CT molecular complexity index is 746. The molecule has 3 rings (SSSR count). The minimum atomic E-state index is -0.346. The standard InChI is InChI=1S/C15H11ClFN3O/c16-13-8-14(18-9-12-5-2-6-21-12)20-15(19-13)10-3-1-4-11(17)7-10/h1-8H,9H2,(H,18,19,20). The van der Waals surface area contributed by atoms with E-state index in [1.165, 1.54) is 12.1 Å². The van der Waals surface area contributed by atoms with E-state index in [2.05, 4.69) is 15.3 Å². The predicted octanol–water partition coefficient (Wildman–Crippen LogP) is 4.14. The smallest absolute Gasteiger partial charge is 0.163 e. The van der Waals surface area contributed by atoms with Gasteiger partial charge in [-0.2, -0.15) is 0 Å². The van der Waals surface area contributed by atoms with Crippen molar-refractivity contribution in [2.45, 2.75) is 6.54 Å². The van der Waals surface area contributed by atoms with Crippen molar-refractivity contribution in [2.24, 2.45) is 0 Å². The van der Waals surface area contributed by atoms with Gasteiger partial charge < -0.3 is 9.73 Å². The summed E-state index contributed by atoms with van der Waals surface area (Å²) in [6.07, 6.45) is 1.60. The Labute approximate surface area is 125 Å². The molecule has 0 radical (unpaired) electrons. The lowest BCUT2D eigenvalue weighted by atomic mass is 10.2. The van der Waals surface area contributed by atoms with Crippen LogP contribution >= 0.6 is 11.6 Å². The van der Waals surface area contributed by atoms with Gasteiger partial charge in [0.05, 0.1) is 12.8 Å². The Morgan fingerprint density at radius 1 is 1.14 bits per heavy atom. The van der Waals surface area contributed by atoms with Gasteiger partial charge in [-0.15, -0.1) is 0 Å². The maximum Gasteiger partial charge on any atom is 0.163 e. The summed E-state index contributed by atoms with van der Waals surface area (Å²) in [4.78, 5) is 8.44. The van der Waals surface area contributed by atoms with Crippen molar-refractivity contribution in [3.63, 3.8) is 0 Å². The van der Waals surface area contributed by atoms with Crippen molar-refractivity contribution in [3.05, 3.63) is 65.5 Å². The van der Waals surface area contributed by atoms with Crippen LogP contribution in [0.5, 0.6) is 0 Å². The van der Waals surface area contributed by atoms with Gasteiger partial charge in [0.25, 0.3) is 0 Å². The van der Waals surface area contributed by atoms with Crippen LogP contribution in [0.2, 0.25) is 5.15 Å². The molecule has 0 fully saturated rings. The molecule has 0 atom stereocenters. The van der Waals surface area contributed by atoms with Crippen molar-refractivity contribution in [1.82, 2.24) is 9.97 Å². The first-order valence-corrected chi connectivity index (χ1v) is 6.65. The third-order valence-corrected chi connectivity index (χ3v) is 3.00. The molecule has 0 bridgehead atoms. The number of hydrogen-bond donors (Lipinski definition) is 1. The molecule has 0 aliphatic heterocycles. The largest absolute Gasteiger partial charge is 0.467 e. The van der Waals surface area contributed by atoms with Gasteiger partial charge in [0.15, 0.2) is 5.82 Å². The molecule has 0 spiro atoms. The van der Waals surface area contributed by atoms with Crippen LogP contribution in [-0.4, -0.2) is 9.97 Å². The first-order valence-electron chi connectivity index (χ1n) is 6.27. The lowest BCUT2D eigenvalue weighted by Gasteiger charge is -2.07. The van der Waals surface area contributed by atoms with E-state index >= 15 is 0 Å². The first-order chi connectivity index (χ1) is 10.2. The van der Waals surface area contributed by atoms with Crippen molar-refractivity contribution < 1.29 is 8.81 Å². The number of nitrogens with one attached hydrogen (secondary N) is 1. The Balaban J connectivity index is 1.85. The maximum atomic E-state index is 13.3. The van der Waals surface area contributed by atoms with Crippen molar-refractivity contribution in [1.29, 1.82) is 0 Å². The summed E-state index contributed by atoms with van der Waals surface area (Å²) in [5.41, 5.74) is 0.568. The van der Waals surface area contributed by atoms with Crippen LogP contribution in [-0.2, 0) is 6.54 Å². The van der Waals surface area contributed by atoms with Gasteiger partial charge in [-0.05, 0) is 24.3 Å². The summed E-state index contributed by atoms with van der Waals surface area (Å²) < 4.78 is 18.5. The monoisotopic (exact) mass is 303 g/mol. The fourth-order valence-electron chi connectivity index (χ4n) is 1.86. The minimum absolute atomic E-state index is 0.284. The van der Waals surface area contributed by atoms with Crippen molar-refractivity contribution in [3.8, 4) is 11.4 Å². The normalized spacial score (nSPS) is 10.6. The number of rotatable bonds is 4. The van der Waals surface area contributed by atoms with E-state index in [1.54, 1.807) is 24.5 Å². The molecule has 4 nitrogen and oxygen atoms in total. The van der Waals surface area contributed by atoms with E-state index < -0.39 is 0 Å². The van der Waals surface area contributed by atoms with Gasteiger partial charge in [-0.3, -0.25) is 0 Å². The molecular weight excluding hydrogens is 293 g/mol. The highest BCUT2D eigenvalue weighted by atomic mass is 35.5. The van der Waals surface area contributed by atoms with Gasteiger partial charge >= 0.3 is 0 Å². The highest BCUT2D eigenvalue weighted by Gasteiger charge is 2.07. The maximum absolute atomic E-state index is 13.3. The fraction of sp³-hybridized carbons (Fsp3) is 0.0667. The summed E-state index contributed by atoms with van der Waals surface area (Å²) in [5, 5.41) is 3.37. The number of benzene rings is 1. The molecule has 21 heavy (non-hydrogen) atoms. The van der Waals surface area contributed by atoms with Crippen LogP contribution in [0, 0.1) is 5.82 Å². The van der Waals surface area contributed by atoms with Crippen LogP contribution in [0.4, 0.5) is 10.2 Å². The molecule has 3 aromatic rings. The molecule has 106 valence electrons. The lowest BCUT2D eigenvalue weighted by molar-refractivity contribution is 0.518. The quantitative estimate of drug-likeness (QED) is 0.736. The average Bonchev–Trinajstić information content (AvgIpc) is 2.98. The molecule has 0 aliphatic carbocycles. The molecule has 0 unspecified atom stereocenters. The zero-order valence-corrected chi connectivity index (χ0v) is 11.6. The minimum Gasteiger partial charge on any atom is -0.467 e. The zero-order valence-electron chi connectivity index (χ0n) is 10.9. The van der Waals surface area contributed by atoms with Crippen molar-refractivity contribution >= 4 is 17.4 Å². The third-order valence-electron chi connectivity index (χ3n) is 2.80. The SMILES string of the molecule is Fc1cccc(-c2nc(Cl)cc(NCc3ccco3)n2)c1. The van der Waals surface area contributed by atoms with Gasteiger partial charge in [0, 0.05) is 11.6 Å². The van der Waals surface area contributed by atoms with E-state index in [4.69, 9.17) is 16.0 Å². The van der Waals surface area contributed by atoms with Crippen LogP contribution in [0.3, 0.4) is 0 Å². The first kappa shape index (κ1) is 13.6.